The average Bonchev–Trinajstić information content (AvgIpc) is 1.72. The molecule has 2 nitrogen and oxygen atoms in total. The molecule has 0 saturated carbocycles. The lowest BCUT2D eigenvalue weighted by molar-refractivity contribution is 0.590. The van der Waals surface area contributed by atoms with Crippen LogP contribution >= 0.6 is 12.4 Å². The van der Waals surface area contributed by atoms with Gasteiger partial charge in [-0.25, -0.2) is 0 Å². The van der Waals surface area contributed by atoms with Gasteiger partial charge in [0, 0.05) is 13.1 Å². The normalized spacial score (nSPS) is 18.3. The molecule has 0 aromatic rings. The van der Waals surface area contributed by atoms with Crippen LogP contribution in [0.4, 0.5) is 0 Å². The van der Waals surface area contributed by atoms with E-state index in [0.717, 1.165) is 13.1 Å². The van der Waals surface area contributed by atoms with Gasteiger partial charge in [0.15, 0.2) is 0 Å². The lowest BCUT2D eigenvalue weighted by atomic mass is 10.5. The Bertz CT molecular complexity index is 54.7. The molecular weight excluding hydrogens is 112 g/mol. The van der Waals surface area contributed by atoms with Crippen molar-refractivity contribution in [3.63, 3.8) is 0 Å². The molecule has 0 atom stereocenters. The second-order valence-corrected chi connectivity index (χ2v) is 1.23. The average molecular weight is 121 g/mol. The molecule has 0 saturated heterocycles. The fourth-order valence-electron chi connectivity index (χ4n) is 0.429. The Hall–Kier alpha value is -0.0500. The summed E-state index contributed by atoms with van der Waals surface area (Å²) >= 11 is 0. The highest BCUT2D eigenvalue weighted by molar-refractivity contribution is 5.85. The number of halogens is 1. The molecule has 42 valence electrons. The number of nitrogens with one attached hydrogen (secondary N) is 2. The van der Waals surface area contributed by atoms with E-state index in [1.165, 1.54) is 0 Å². The standard InChI is InChI=1S/C4H8N2.ClH/c1-2-4-6-5-3-1;/h1-2,5-6H,3-4H2;1H. The van der Waals surface area contributed by atoms with Gasteiger partial charge in [-0.15, -0.1) is 12.4 Å². The number of hydrogen-bond donors (Lipinski definition) is 2. The van der Waals surface area contributed by atoms with Crippen molar-refractivity contribution in [3.8, 4) is 0 Å². The van der Waals surface area contributed by atoms with Gasteiger partial charge in [-0.1, -0.05) is 12.2 Å². The molecule has 0 aromatic carbocycles. The third-order valence-corrected chi connectivity index (χ3v) is 0.731. The highest BCUT2D eigenvalue weighted by atomic mass is 35.5. The summed E-state index contributed by atoms with van der Waals surface area (Å²) in [6.07, 6.45) is 4.19. The minimum atomic E-state index is 0. The van der Waals surface area contributed by atoms with Crippen molar-refractivity contribution in [2.45, 2.75) is 0 Å². The number of hydrazine groups is 1. The zero-order chi connectivity index (χ0) is 4.24. The topological polar surface area (TPSA) is 24.1 Å². The molecule has 7 heavy (non-hydrogen) atoms. The van der Waals surface area contributed by atoms with Gasteiger partial charge in [0.25, 0.3) is 0 Å². The minimum absolute atomic E-state index is 0. The van der Waals surface area contributed by atoms with Crippen molar-refractivity contribution < 1.29 is 0 Å². The highest BCUT2D eigenvalue weighted by Gasteiger charge is 1.82. The molecule has 0 spiro atoms. The zero-order valence-corrected chi connectivity index (χ0v) is 4.79. The van der Waals surface area contributed by atoms with Crippen LogP contribution in [0.25, 0.3) is 0 Å². The van der Waals surface area contributed by atoms with Gasteiger partial charge >= 0.3 is 0 Å². The van der Waals surface area contributed by atoms with E-state index >= 15 is 0 Å². The predicted molar refractivity (Wildman–Crippen MR) is 32.4 cm³/mol. The summed E-state index contributed by atoms with van der Waals surface area (Å²) in [5.74, 6) is 0. The molecule has 3 heteroatoms. The summed E-state index contributed by atoms with van der Waals surface area (Å²) in [5.41, 5.74) is 5.90. The molecule has 0 radical (unpaired) electrons. The van der Waals surface area contributed by atoms with Gasteiger partial charge in [-0.05, 0) is 0 Å². The predicted octanol–water partition coefficient (Wildman–Crippen LogP) is 0.0722. The van der Waals surface area contributed by atoms with E-state index in [1.807, 2.05) is 0 Å². The molecule has 1 aliphatic heterocycles. The van der Waals surface area contributed by atoms with Crippen LogP contribution in [-0.4, -0.2) is 13.1 Å². The summed E-state index contributed by atoms with van der Waals surface area (Å²) in [6, 6.07) is 0. The minimum Gasteiger partial charge on any atom is -0.254 e. The maximum absolute atomic E-state index is 2.95. The largest absolute Gasteiger partial charge is 0.254 e. The van der Waals surface area contributed by atoms with E-state index in [9.17, 15) is 0 Å². The summed E-state index contributed by atoms with van der Waals surface area (Å²) < 4.78 is 0. The fourth-order valence-corrected chi connectivity index (χ4v) is 0.429. The Balaban J connectivity index is 0.000000360. The van der Waals surface area contributed by atoms with Gasteiger partial charge in [-0.2, -0.15) is 0 Å². The summed E-state index contributed by atoms with van der Waals surface area (Å²) in [6.45, 7) is 1.92. The third kappa shape index (κ3) is 2.62. The van der Waals surface area contributed by atoms with E-state index in [-0.39, 0.29) is 12.4 Å². The van der Waals surface area contributed by atoms with E-state index in [1.54, 1.807) is 0 Å². The first-order valence-corrected chi connectivity index (χ1v) is 2.11. The van der Waals surface area contributed by atoms with Gasteiger partial charge in [-0.3, -0.25) is 10.9 Å². The quantitative estimate of drug-likeness (QED) is 0.443. The molecule has 0 aliphatic carbocycles. The van der Waals surface area contributed by atoms with Crippen molar-refractivity contribution in [3.05, 3.63) is 12.2 Å². The van der Waals surface area contributed by atoms with Crippen molar-refractivity contribution in [1.82, 2.24) is 10.9 Å². The Morgan fingerprint density at radius 1 is 1.00 bits per heavy atom. The number of hydrogen-bond acceptors (Lipinski definition) is 2. The SMILES string of the molecule is C1=CCNNC1.Cl. The summed E-state index contributed by atoms with van der Waals surface area (Å²) in [7, 11) is 0. The molecule has 1 heterocycles. The van der Waals surface area contributed by atoms with E-state index in [0.29, 0.717) is 0 Å². The second-order valence-electron chi connectivity index (χ2n) is 1.23. The monoisotopic (exact) mass is 120 g/mol. The molecule has 1 rings (SSSR count). The second kappa shape index (κ2) is 4.12. The fraction of sp³-hybridized carbons (Fsp3) is 0.500. The first kappa shape index (κ1) is 6.95. The summed E-state index contributed by atoms with van der Waals surface area (Å²) in [5, 5.41) is 0. The highest BCUT2D eigenvalue weighted by Crippen LogP contribution is 1.70. The maximum Gasteiger partial charge on any atom is 0.0281 e. The zero-order valence-electron chi connectivity index (χ0n) is 3.98. The Kier molecular flexibility index (Phi) is 4.09. The molecular formula is C4H9ClN2. The maximum atomic E-state index is 2.95. The third-order valence-electron chi connectivity index (χ3n) is 0.731. The molecule has 0 bridgehead atoms. The van der Waals surface area contributed by atoms with Crippen LogP contribution in [0.1, 0.15) is 0 Å². The molecule has 1 aliphatic rings. The van der Waals surface area contributed by atoms with Crippen LogP contribution in [0.2, 0.25) is 0 Å². The molecule has 0 aromatic heterocycles. The van der Waals surface area contributed by atoms with Crippen molar-refractivity contribution in [2.24, 2.45) is 0 Å². The van der Waals surface area contributed by atoms with Crippen molar-refractivity contribution in [2.75, 3.05) is 13.1 Å². The Morgan fingerprint density at radius 2 is 1.43 bits per heavy atom. The molecule has 2 N–H and O–H groups in total. The van der Waals surface area contributed by atoms with Gasteiger partial charge in [0.1, 0.15) is 0 Å². The van der Waals surface area contributed by atoms with Gasteiger partial charge < -0.3 is 0 Å². The van der Waals surface area contributed by atoms with Gasteiger partial charge in [0.2, 0.25) is 0 Å². The molecule has 0 amide bonds. The Labute approximate surface area is 49.4 Å². The van der Waals surface area contributed by atoms with E-state index in [4.69, 9.17) is 0 Å². The van der Waals surface area contributed by atoms with Crippen LogP contribution in [0.15, 0.2) is 12.2 Å². The smallest absolute Gasteiger partial charge is 0.0281 e. The van der Waals surface area contributed by atoms with Crippen LogP contribution < -0.4 is 10.9 Å². The Morgan fingerprint density at radius 3 is 1.57 bits per heavy atom. The van der Waals surface area contributed by atoms with Gasteiger partial charge in [0.05, 0.1) is 0 Å². The summed E-state index contributed by atoms with van der Waals surface area (Å²) in [4.78, 5) is 0. The lowest BCUT2D eigenvalue weighted by Crippen LogP contribution is -2.34. The molecule has 0 unspecified atom stereocenters. The lowest BCUT2D eigenvalue weighted by Gasteiger charge is -2.04. The van der Waals surface area contributed by atoms with Crippen LogP contribution in [-0.2, 0) is 0 Å². The number of rotatable bonds is 0. The van der Waals surface area contributed by atoms with Crippen LogP contribution in [0.5, 0.6) is 0 Å². The first-order valence-electron chi connectivity index (χ1n) is 2.11. The first-order chi connectivity index (χ1) is 3.00. The van der Waals surface area contributed by atoms with Crippen LogP contribution in [0, 0.1) is 0 Å². The molecule has 0 fully saturated rings. The van der Waals surface area contributed by atoms with E-state index < -0.39 is 0 Å². The van der Waals surface area contributed by atoms with Crippen molar-refractivity contribution in [1.29, 1.82) is 0 Å². The van der Waals surface area contributed by atoms with E-state index in [2.05, 4.69) is 23.0 Å². The van der Waals surface area contributed by atoms with Crippen LogP contribution in [0.3, 0.4) is 0 Å². The van der Waals surface area contributed by atoms with Crippen molar-refractivity contribution >= 4 is 12.4 Å².